The summed E-state index contributed by atoms with van der Waals surface area (Å²) in [5.74, 6) is -0.153. The van der Waals surface area contributed by atoms with E-state index in [0.29, 0.717) is 17.3 Å². The summed E-state index contributed by atoms with van der Waals surface area (Å²) in [7, 11) is 3.99. The second kappa shape index (κ2) is 6.59. The van der Waals surface area contributed by atoms with Crippen LogP contribution in [0.5, 0.6) is 0 Å². The van der Waals surface area contributed by atoms with Gasteiger partial charge in [-0.15, -0.1) is 0 Å². The quantitative estimate of drug-likeness (QED) is 0.890. The van der Waals surface area contributed by atoms with Gasteiger partial charge in [-0.05, 0) is 25.7 Å². The molecule has 0 fully saturated rings. The Morgan fingerprint density at radius 3 is 2.60 bits per heavy atom. The fourth-order valence-corrected chi connectivity index (χ4v) is 2.22. The van der Waals surface area contributed by atoms with Crippen molar-refractivity contribution in [3.05, 3.63) is 58.9 Å². The fraction of sp³-hybridized carbons (Fsp3) is 0.267. The van der Waals surface area contributed by atoms with Crippen LogP contribution in [0.25, 0.3) is 0 Å². The Bertz CT molecular complexity index is 566. The van der Waals surface area contributed by atoms with Gasteiger partial charge in [0.25, 0.3) is 5.91 Å². The van der Waals surface area contributed by atoms with Crippen LogP contribution in [0.15, 0.2) is 42.6 Å². The van der Waals surface area contributed by atoms with Crippen molar-refractivity contribution in [3.63, 3.8) is 0 Å². The van der Waals surface area contributed by atoms with E-state index in [4.69, 9.17) is 11.6 Å². The van der Waals surface area contributed by atoms with E-state index >= 15 is 0 Å². The first-order chi connectivity index (χ1) is 9.58. The number of aromatic amines is 1. The molecular formula is C15H18ClN3O. The summed E-state index contributed by atoms with van der Waals surface area (Å²) >= 11 is 5.79. The number of hydrogen-bond donors (Lipinski definition) is 2. The maximum Gasteiger partial charge on any atom is 0.267 e. The monoisotopic (exact) mass is 291 g/mol. The Balaban J connectivity index is 2.01. The summed E-state index contributed by atoms with van der Waals surface area (Å²) < 4.78 is 0. The number of benzene rings is 1. The molecule has 4 nitrogen and oxygen atoms in total. The summed E-state index contributed by atoms with van der Waals surface area (Å²) in [6.45, 7) is 0.534. The molecule has 5 heteroatoms. The van der Waals surface area contributed by atoms with E-state index < -0.39 is 0 Å². The molecule has 0 saturated heterocycles. The van der Waals surface area contributed by atoms with E-state index in [1.165, 1.54) is 5.56 Å². The highest BCUT2D eigenvalue weighted by Crippen LogP contribution is 2.17. The maximum absolute atomic E-state index is 12.0. The van der Waals surface area contributed by atoms with Crippen molar-refractivity contribution in [2.75, 3.05) is 20.6 Å². The molecule has 0 aliphatic rings. The summed E-state index contributed by atoms with van der Waals surface area (Å²) in [5, 5.41) is 3.45. The summed E-state index contributed by atoms with van der Waals surface area (Å²) in [4.78, 5) is 16.9. The molecular weight excluding hydrogens is 274 g/mol. The molecule has 1 amide bonds. The molecule has 1 aromatic carbocycles. The van der Waals surface area contributed by atoms with E-state index in [1.807, 2.05) is 32.3 Å². The van der Waals surface area contributed by atoms with Gasteiger partial charge in [-0.25, -0.2) is 0 Å². The number of H-pyrrole nitrogens is 1. The van der Waals surface area contributed by atoms with Gasteiger partial charge in [0.15, 0.2) is 0 Å². The largest absolute Gasteiger partial charge is 0.356 e. The van der Waals surface area contributed by atoms with Crippen LogP contribution in [0.3, 0.4) is 0 Å². The zero-order valence-corrected chi connectivity index (χ0v) is 12.3. The molecule has 2 N–H and O–H groups in total. The van der Waals surface area contributed by atoms with Gasteiger partial charge < -0.3 is 15.2 Å². The van der Waals surface area contributed by atoms with Crippen molar-refractivity contribution in [2.24, 2.45) is 0 Å². The van der Waals surface area contributed by atoms with Crippen LogP contribution in [-0.2, 0) is 0 Å². The molecule has 0 bridgehead atoms. The van der Waals surface area contributed by atoms with E-state index in [1.54, 1.807) is 12.3 Å². The van der Waals surface area contributed by atoms with Gasteiger partial charge in [0.1, 0.15) is 5.69 Å². The zero-order chi connectivity index (χ0) is 14.5. The molecule has 2 rings (SSSR count). The average molecular weight is 292 g/mol. The third-order valence-electron chi connectivity index (χ3n) is 3.16. The minimum Gasteiger partial charge on any atom is -0.356 e. The molecule has 20 heavy (non-hydrogen) atoms. The maximum atomic E-state index is 12.0. The summed E-state index contributed by atoms with van der Waals surface area (Å²) in [6, 6.07) is 11.8. The lowest BCUT2D eigenvalue weighted by atomic mass is 10.1. The number of rotatable bonds is 5. The Kier molecular flexibility index (Phi) is 4.82. The van der Waals surface area contributed by atoms with Crippen molar-refractivity contribution in [1.29, 1.82) is 0 Å². The predicted octanol–water partition coefficient (Wildman–Crippen LogP) is 2.70. The van der Waals surface area contributed by atoms with E-state index in [-0.39, 0.29) is 11.9 Å². The van der Waals surface area contributed by atoms with Gasteiger partial charge in [0.05, 0.1) is 11.1 Å². The van der Waals surface area contributed by atoms with Gasteiger partial charge in [0.2, 0.25) is 0 Å². The molecule has 1 aromatic heterocycles. The Labute approximate surface area is 123 Å². The molecule has 1 heterocycles. The minimum atomic E-state index is -0.153. The van der Waals surface area contributed by atoms with Crippen LogP contribution in [0.4, 0.5) is 0 Å². The lowest BCUT2D eigenvalue weighted by molar-refractivity contribution is 0.0937. The number of carbonyl (C=O) groups is 1. The number of likely N-dealkylation sites (N-methyl/N-ethyl adjacent to an activating group) is 1. The first-order valence-electron chi connectivity index (χ1n) is 6.41. The van der Waals surface area contributed by atoms with E-state index in [2.05, 4.69) is 27.3 Å². The van der Waals surface area contributed by atoms with Crippen LogP contribution in [0.1, 0.15) is 22.1 Å². The minimum absolute atomic E-state index is 0.130. The number of nitrogens with one attached hydrogen (secondary N) is 2. The van der Waals surface area contributed by atoms with Crippen molar-refractivity contribution in [3.8, 4) is 0 Å². The molecule has 0 spiro atoms. The highest BCUT2D eigenvalue weighted by atomic mass is 35.5. The molecule has 0 aliphatic heterocycles. The first kappa shape index (κ1) is 14.6. The van der Waals surface area contributed by atoms with Crippen LogP contribution in [0.2, 0.25) is 5.02 Å². The molecule has 1 atom stereocenters. The highest BCUT2D eigenvalue weighted by Gasteiger charge is 2.16. The second-order valence-electron chi connectivity index (χ2n) is 4.83. The number of carbonyl (C=O) groups excluding carboxylic acids is 1. The van der Waals surface area contributed by atoms with Gasteiger partial charge in [0, 0.05) is 12.7 Å². The number of hydrogen-bond acceptors (Lipinski definition) is 2. The Morgan fingerprint density at radius 2 is 2.05 bits per heavy atom. The normalized spacial score (nSPS) is 12.4. The molecule has 106 valence electrons. The lowest BCUT2D eigenvalue weighted by Crippen LogP contribution is -2.34. The van der Waals surface area contributed by atoms with Crippen LogP contribution >= 0.6 is 11.6 Å². The van der Waals surface area contributed by atoms with E-state index in [9.17, 15) is 4.79 Å². The molecule has 2 aromatic rings. The van der Waals surface area contributed by atoms with Gasteiger partial charge in [-0.1, -0.05) is 41.9 Å². The Morgan fingerprint density at radius 1 is 1.35 bits per heavy atom. The van der Waals surface area contributed by atoms with Crippen LogP contribution in [-0.4, -0.2) is 36.4 Å². The third kappa shape index (κ3) is 3.62. The highest BCUT2D eigenvalue weighted by molar-refractivity contribution is 6.30. The van der Waals surface area contributed by atoms with Gasteiger partial charge >= 0.3 is 0 Å². The summed E-state index contributed by atoms with van der Waals surface area (Å²) in [6.07, 6.45) is 1.59. The zero-order valence-electron chi connectivity index (χ0n) is 11.6. The number of amides is 1. The third-order valence-corrected chi connectivity index (χ3v) is 3.37. The molecule has 0 unspecified atom stereocenters. The molecule has 0 aliphatic carbocycles. The molecule has 0 saturated carbocycles. The van der Waals surface area contributed by atoms with Gasteiger partial charge in [-0.2, -0.15) is 0 Å². The smallest absolute Gasteiger partial charge is 0.267 e. The number of aromatic nitrogens is 1. The van der Waals surface area contributed by atoms with E-state index in [0.717, 1.165) is 0 Å². The standard InChI is InChI=1S/C15H18ClN3O/c1-19(2)14(11-6-4-3-5-7-11)10-18-15(20)13-8-12(16)9-17-13/h3-9,14,17H,10H2,1-2H3,(H,18,20)/t14-/m1/s1. The fourth-order valence-electron chi connectivity index (χ4n) is 2.06. The van der Waals surface area contributed by atoms with Crippen LogP contribution < -0.4 is 5.32 Å². The SMILES string of the molecule is CN(C)[C@H](CNC(=O)c1cc(Cl)c[nH]1)c1ccccc1. The van der Waals surface area contributed by atoms with Gasteiger partial charge in [-0.3, -0.25) is 4.79 Å². The predicted molar refractivity (Wildman–Crippen MR) is 81.0 cm³/mol. The van der Waals surface area contributed by atoms with Crippen molar-refractivity contribution in [1.82, 2.24) is 15.2 Å². The Hall–Kier alpha value is -1.78. The summed E-state index contributed by atoms with van der Waals surface area (Å²) in [5.41, 5.74) is 1.64. The van der Waals surface area contributed by atoms with Crippen molar-refractivity contribution < 1.29 is 4.79 Å². The number of nitrogens with zero attached hydrogens (tertiary/aromatic N) is 1. The molecule has 0 radical (unpaired) electrons. The first-order valence-corrected chi connectivity index (χ1v) is 6.79. The van der Waals surface area contributed by atoms with Crippen LogP contribution in [0, 0.1) is 0 Å². The van der Waals surface area contributed by atoms with Crippen molar-refractivity contribution >= 4 is 17.5 Å². The van der Waals surface area contributed by atoms with Crippen molar-refractivity contribution in [2.45, 2.75) is 6.04 Å². The topological polar surface area (TPSA) is 48.1 Å². The second-order valence-corrected chi connectivity index (χ2v) is 5.27. The lowest BCUT2D eigenvalue weighted by Gasteiger charge is -2.25. The number of halogens is 1. The average Bonchev–Trinajstić information content (AvgIpc) is 2.86.